The molecule has 2 N–H and O–H groups in total. The minimum absolute atomic E-state index is 0.139. The second kappa shape index (κ2) is 5.26. The van der Waals surface area contributed by atoms with E-state index in [1.165, 1.54) is 34.6 Å². The van der Waals surface area contributed by atoms with Crippen LogP contribution in [0, 0.1) is 0 Å². The Balaban J connectivity index is 1.62. The largest absolute Gasteiger partial charge is 0.344 e. The number of nitrogens with one attached hydrogen (secondary N) is 2. The number of aromatic amines is 1. The molecule has 0 unspecified atom stereocenters. The molecular weight excluding hydrogens is 284 g/mol. The zero-order valence-corrected chi connectivity index (χ0v) is 13.4. The first-order chi connectivity index (χ1) is 9.93. The fraction of sp³-hybridized carbons (Fsp3) is 0.533. The number of hydrogen-bond acceptors (Lipinski definition) is 4. The van der Waals surface area contributed by atoms with Gasteiger partial charge in [0.2, 0.25) is 5.82 Å². The summed E-state index contributed by atoms with van der Waals surface area (Å²) in [5.41, 5.74) is 1.32. The van der Waals surface area contributed by atoms with Crippen LogP contribution in [-0.4, -0.2) is 21.1 Å². The summed E-state index contributed by atoms with van der Waals surface area (Å²) in [6, 6.07) is 2.21. The summed E-state index contributed by atoms with van der Waals surface area (Å²) in [4.78, 5) is 19.0. The third kappa shape index (κ3) is 3.00. The van der Waals surface area contributed by atoms with Gasteiger partial charge in [0.25, 0.3) is 5.91 Å². The number of thiophene rings is 1. The van der Waals surface area contributed by atoms with Crippen molar-refractivity contribution in [1.29, 1.82) is 0 Å². The molecule has 3 rings (SSSR count). The van der Waals surface area contributed by atoms with Crippen molar-refractivity contribution in [3.8, 4) is 0 Å². The first-order valence-corrected chi connectivity index (χ1v) is 8.06. The van der Waals surface area contributed by atoms with Crippen LogP contribution in [0.3, 0.4) is 0 Å². The summed E-state index contributed by atoms with van der Waals surface area (Å²) < 4.78 is 0. The van der Waals surface area contributed by atoms with Gasteiger partial charge in [-0.1, -0.05) is 20.8 Å². The predicted molar refractivity (Wildman–Crippen MR) is 82.6 cm³/mol. The summed E-state index contributed by atoms with van der Waals surface area (Å²) >= 11 is 1.81. The van der Waals surface area contributed by atoms with E-state index in [1.807, 2.05) is 20.8 Å². The van der Waals surface area contributed by atoms with Crippen molar-refractivity contribution in [1.82, 2.24) is 20.5 Å². The highest BCUT2D eigenvalue weighted by Crippen LogP contribution is 2.30. The molecule has 1 aliphatic carbocycles. The lowest BCUT2D eigenvalue weighted by molar-refractivity contribution is 0.0941. The molecule has 1 aliphatic rings. The van der Waals surface area contributed by atoms with Crippen molar-refractivity contribution < 1.29 is 4.79 Å². The standard InChI is InChI=1S/C15H20N4OS/c1-15(2,3)14-17-12(18-19-14)13(20)16-8-10-7-9-5-4-6-11(9)21-10/h7H,4-6,8H2,1-3H3,(H,16,20)(H,17,18,19). The Morgan fingerprint density at radius 1 is 1.43 bits per heavy atom. The van der Waals surface area contributed by atoms with Crippen LogP contribution >= 0.6 is 11.3 Å². The van der Waals surface area contributed by atoms with Crippen LogP contribution in [0.1, 0.15) is 59.0 Å². The fourth-order valence-electron chi connectivity index (χ4n) is 2.42. The molecule has 2 aromatic heterocycles. The normalized spacial score (nSPS) is 14.2. The topological polar surface area (TPSA) is 70.7 Å². The summed E-state index contributed by atoms with van der Waals surface area (Å²) in [6.45, 7) is 6.64. The molecule has 0 saturated carbocycles. The van der Waals surface area contributed by atoms with Crippen molar-refractivity contribution >= 4 is 17.2 Å². The quantitative estimate of drug-likeness (QED) is 0.915. The Morgan fingerprint density at radius 2 is 2.24 bits per heavy atom. The minimum atomic E-state index is -0.227. The number of amides is 1. The zero-order valence-electron chi connectivity index (χ0n) is 12.6. The lowest BCUT2D eigenvalue weighted by Gasteiger charge is -2.12. The lowest BCUT2D eigenvalue weighted by Crippen LogP contribution is -2.24. The Bertz CT molecular complexity index is 644. The number of hydrogen-bond donors (Lipinski definition) is 2. The first kappa shape index (κ1) is 14.3. The van der Waals surface area contributed by atoms with Gasteiger partial charge < -0.3 is 5.32 Å². The van der Waals surface area contributed by atoms with Gasteiger partial charge in [-0.3, -0.25) is 9.89 Å². The van der Waals surface area contributed by atoms with Gasteiger partial charge in [-0.2, -0.15) is 0 Å². The average Bonchev–Trinajstić information content (AvgIpc) is 3.09. The van der Waals surface area contributed by atoms with Crippen LogP contribution in [0.15, 0.2) is 6.07 Å². The van der Waals surface area contributed by atoms with Gasteiger partial charge in [0, 0.05) is 15.2 Å². The third-order valence-electron chi connectivity index (χ3n) is 3.62. The van der Waals surface area contributed by atoms with Crippen LogP contribution in [-0.2, 0) is 24.8 Å². The highest BCUT2D eigenvalue weighted by Gasteiger charge is 2.21. The van der Waals surface area contributed by atoms with E-state index in [1.54, 1.807) is 11.3 Å². The van der Waals surface area contributed by atoms with Gasteiger partial charge in [-0.15, -0.1) is 16.4 Å². The number of H-pyrrole nitrogens is 1. The third-order valence-corrected chi connectivity index (χ3v) is 4.86. The van der Waals surface area contributed by atoms with Gasteiger partial charge >= 0.3 is 0 Å². The number of rotatable bonds is 3. The maximum atomic E-state index is 12.1. The molecule has 0 atom stereocenters. The maximum Gasteiger partial charge on any atom is 0.291 e. The smallest absolute Gasteiger partial charge is 0.291 e. The molecule has 21 heavy (non-hydrogen) atoms. The molecular formula is C15H20N4OS. The average molecular weight is 304 g/mol. The van der Waals surface area contributed by atoms with Crippen molar-refractivity contribution in [3.05, 3.63) is 33.0 Å². The Hall–Kier alpha value is -1.69. The van der Waals surface area contributed by atoms with Gasteiger partial charge in [0.05, 0.1) is 6.54 Å². The molecule has 6 heteroatoms. The van der Waals surface area contributed by atoms with Gasteiger partial charge in [0.15, 0.2) is 0 Å². The van der Waals surface area contributed by atoms with E-state index >= 15 is 0 Å². The van der Waals surface area contributed by atoms with Gasteiger partial charge in [-0.05, 0) is 30.9 Å². The molecule has 2 aromatic rings. The summed E-state index contributed by atoms with van der Waals surface area (Å²) in [6.07, 6.45) is 3.63. The molecule has 0 fully saturated rings. The van der Waals surface area contributed by atoms with E-state index in [-0.39, 0.29) is 17.1 Å². The number of aryl methyl sites for hydroxylation is 2. The molecule has 0 saturated heterocycles. The van der Waals surface area contributed by atoms with Crippen LogP contribution in [0.5, 0.6) is 0 Å². The highest BCUT2D eigenvalue weighted by atomic mass is 32.1. The zero-order chi connectivity index (χ0) is 15.0. The molecule has 2 heterocycles. The SMILES string of the molecule is CC(C)(C)c1nc(C(=O)NCc2cc3c(s2)CCC3)n[nH]1. The minimum Gasteiger partial charge on any atom is -0.344 e. The van der Waals surface area contributed by atoms with E-state index in [2.05, 4.69) is 26.6 Å². The monoisotopic (exact) mass is 304 g/mol. The van der Waals surface area contributed by atoms with E-state index < -0.39 is 0 Å². The molecule has 1 amide bonds. The van der Waals surface area contributed by atoms with Gasteiger partial charge in [-0.25, -0.2) is 4.98 Å². The van der Waals surface area contributed by atoms with E-state index in [9.17, 15) is 4.79 Å². The second-order valence-corrected chi connectivity index (χ2v) is 7.68. The summed E-state index contributed by atoms with van der Waals surface area (Å²) in [5.74, 6) is 0.710. The molecule has 0 radical (unpaired) electrons. The Kier molecular flexibility index (Phi) is 3.57. The molecule has 112 valence electrons. The second-order valence-electron chi connectivity index (χ2n) is 6.45. The molecule has 5 nitrogen and oxygen atoms in total. The number of nitrogens with zero attached hydrogens (tertiary/aromatic N) is 2. The van der Waals surface area contributed by atoms with E-state index in [0.717, 1.165) is 5.82 Å². The number of carbonyl (C=O) groups is 1. The van der Waals surface area contributed by atoms with E-state index in [4.69, 9.17) is 0 Å². The molecule has 0 aliphatic heterocycles. The molecule has 0 bridgehead atoms. The highest BCUT2D eigenvalue weighted by molar-refractivity contribution is 7.12. The van der Waals surface area contributed by atoms with Crippen LogP contribution < -0.4 is 5.32 Å². The Labute approximate surface area is 128 Å². The molecule has 0 spiro atoms. The number of aromatic nitrogens is 3. The lowest BCUT2D eigenvalue weighted by atomic mass is 9.96. The Morgan fingerprint density at radius 3 is 2.90 bits per heavy atom. The number of carbonyl (C=O) groups excluding carboxylic acids is 1. The van der Waals surface area contributed by atoms with Crippen molar-refractivity contribution in [2.24, 2.45) is 0 Å². The van der Waals surface area contributed by atoms with Crippen LogP contribution in [0.2, 0.25) is 0 Å². The number of fused-ring (bicyclic) bond motifs is 1. The van der Waals surface area contributed by atoms with Crippen molar-refractivity contribution in [3.63, 3.8) is 0 Å². The molecule has 0 aromatic carbocycles. The summed E-state index contributed by atoms with van der Waals surface area (Å²) in [7, 11) is 0. The van der Waals surface area contributed by atoms with E-state index in [0.29, 0.717) is 6.54 Å². The van der Waals surface area contributed by atoms with Crippen molar-refractivity contribution in [2.75, 3.05) is 0 Å². The maximum absolute atomic E-state index is 12.1. The van der Waals surface area contributed by atoms with Gasteiger partial charge in [0.1, 0.15) is 5.82 Å². The van der Waals surface area contributed by atoms with Crippen molar-refractivity contribution in [2.45, 2.75) is 52.0 Å². The van der Waals surface area contributed by atoms with Crippen LogP contribution in [0.4, 0.5) is 0 Å². The first-order valence-electron chi connectivity index (χ1n) is 7.25. The fourth-order valence-corrected chi connectivity index (χ4v) is 3.62. The van der Waals surface area contributed by atoms with Crippen LogP contribution in [0.25, 0.3) is 0 Å². The summed E-state index contributed by atoms with van der Waals surface area (Å²) in [5, 5.41) is 9.73. The predicted octanol–water partition coefficient (Wildman–Crippen LogP) is 2.58.